The first-order valence-corrected chi connectivity index (χ1v) is 7.54. The summed E-state index contributed by atoms with van der Waals surface area (Å²) in [5.41, 5.74) is 0. The van der Waals surface area contributed by atoms with Crippen molar-refractivity contribution in [3.8, 4) is 0 Å². The summed E-state index contributed by atoms with van der Waals surface area (Å²) in [5.74, 6) is 0. The summed E-state index contributed by atoms with van der Waals surface area (Å²) < 4.78 is 0. The van der Waals surface area contributed by atoms with Crippen molar-refractivity contribution >= 4 is 43.1 Å². The molecule has 0 heterocycles. The first kappa shape index (κ1) is 11.8. The lowest BCUT2D eigenvalue weighted by atomic mass is 9.96. The predicted octanol–water partition coefficient (Wildman–Crippen LogP) is 6.10. The van der Waals surface area contributed by atoms with E-state index in [0.717, 1.165) is 0 Å². The van der Waals surface area contributed by atoms with Gasteiger partial charge < -0.3 is 0 Å². The van der Waals surface area contributed by atoms with Crippen LogP contribution in [0.2, 0.25) is 0 Å². The van der Waals surface area contributed by atoms with E-state index < -0.39 is 0 Å². The van der Waals surface area contributed by atoms with Crippen LogP contribution in [0.5, 0.6) is 0 Å². The third kappa shape index (κ3) is 1.64. The van der Waals surface area contributed by atoms with Gasteiger partial charge in [0.25, 0.3) is 0 Å². The highest BCUT2D eigenvalue weighted by molar-refractivity contribution is 6.15. The molecule has 0 aliphatic carbocycles. The first-order chi connectivity index (χ1) is 10.9. The molecular weight excluding hydrogens is 264 g/mol. The molecule has 0 aliphatic rings. The van der Waals surface area contributed by atoms with Crippen molar-refractivity contribution < 1.29 is 0 Å². The Morgan fingerprint density at radius 1 is 0.500 bits per heavy atom. The molecule has 0 unspecified atom stereocenters. The fourth-order valence-electron chi connectivity index (χ4n) is 3.37. The van der Waals surface area contributed by atoms with Crippen LogP contribution in [-0.4, -0.2) is 0 Å². The lowest BCUT2D eigenvalue weighted by molar-refractivity contribution is 1.77. The molecular formula is C22H13. The molecule has 22 heavy (non-hydrogen) atoms. The second-order valence-corrected chi connectivity index (χ2v) is 5.82. The molecule has 0 N–H and O–H groups in total. The van der Waals surface area contributed by atoms with Crippen LogP contribution in [0.25, 0.3) is 43.1 Å². The van der Waals surface area contributed by atoms with Crippen molar-refractivity contribution in [2.75, 3.05) is 0 Å². The Morgan fingerprint density at radius 2 is 1.14 bits per heavy atom. The van der Waals surface area contributed by atoms with Gasteiger partial charge in [-0.15, -0.1) is 0 Å². The summed E-state index contributed by atoms with van der Waals surface area (Å²) >= 11 is 0. The molecule has 0 aromatic heterocycles. The Balaban J connectivity index is 2.00. The summed E-state index contributed by atoms with van der Waals surface area (Å²) in [5, 5.41) is 10.2. The second-order valence-electron chi connectivity index (χ2n) is 5.82. The van der Waals surface area contributed by atoms with E-state index in [1.54, 1.807) is 0 Å². The molecule has 0 aliphatic heterocycles. The standard InChI is InChI=1S/C22H13/c1-3-7-17-13-21-19(11-15(17)5-1)9-10-20-12-16-6-2-4-8-18(16)14-22(20)21/h1-5,7-14H. The van der Waals surface area contributed by atoms with E-state index in [9.17, 15) is 0 Å². The molecule has 5 rings (SSSR count). The Morgan fingerprint density at radius 3 is 1.95 bits per heavy atom. The highest BCUT2D eigenvalue weighted by Gasteiger charge is 2.04. The quantitative estimate of drug-likeness (QED) is 0.237. The van der Waals surface area contributed by atoms with Gasteiger partial charge in [-0.3, -0.25) is 0 Å². The van der Waals surface area contributed by atoms with Crippen molar-refractivity contribution in [2.45, 2.75) is 0 Å². The first-order valence-electron chi connectivity index (χ1n) is 7.54. The SMILES string of the molecule is [c]1cccc2cc3c(ccc4cc5ccccc5cc43)cc12. The van der Waals surface area contributed by atoms with Crippen LogP contribution in [0.3, 0.4) is 0 Å². The van der Waals surface area contributed by atoms with Crippen molar-refractivity contribution in [1.29, 1.82) is 0 Å². The Kier molecular flexibility index (Phi) is 2.31. The average molecular weight is 277 g/mol. The van der Waals surface area contributed by atoms with Gasteiger partial charge in [0, 0.05) is 0 Å². The van der Waals surface area contributed by atoms with Gasteiger partial charge in [-0.1, -0.05) is 54.6 Å². The fraction of sp³-hybridized carbons (Fsp3) is 0. The largest absolute Gasteiger partial charge is 0.0616 e. The van der Waals surface area contributed by atoms with Gasteiger partial charge in [0.05, 0.1) is 0 Å². The summed E-state index contributed by atoms with van der Waals surface area (Å²) in [6.07, 6.45) is 0. The zero-order valence-corrected chi connectivity index (χ0v) is 12.0. The average Bonchev–Trinajstić information content (AvgIpc) is 2.58. The van der Waals surface area contributed by atoms with Crippen LogP contribution in [0.1, 0.15) is 0 Å². The van der Waals surface area contributed by atoms with E-state index >= 15 is 0 Å². The van der Waals surface area contributed by atoms with E-state index in [2.05, 4.69) is 78.9 Å². The van der Waals surface area contributed by atoms with E-state index in [4.69, 9.17) is 0 Å². The highest BCUT2D eigenvalue weighted by atomic mass is 14.1. The van der Waals surface area contributed by atoms with Crippen LogP contribution in [0, 0.1) is 6.07 Å². The van der Waals surface area contributed by atoms with E-state index in [0.29, 0.717) is 0 Å². The summed E-state index contributed by atoms with van der Waals surface area (Å²) in [6.45, 7) is 0. The third-order valence-electron chi connectivity index (χ3n) is 4.48. The molecule has 0 fully saturated rings. The maximum Gasteiger partial charge on any atom is -0.00988 e. The van der Waals surface area contributed by atoms with Gasteiger partial charge in [0.2, 0.25) is 0 Å². The Hall–Kier alpha value is -2.86. The summed E-state index contributed by atoms with van der Waals surface area (Å²) in [7, 11) is 0. The molecule has 0 spiro atoms. The minimum absolute atomic E-state index is 1.18. The van der Waals surface area contributed by atoms with Gasteiger partial charge >= 0.3 is 0 Å². The fourth-order valence-corrected chi connectivity index (χ4v) is 3.37. The number of hydrogen-bond acceptors (Lipinski definition) is 0. The van der Waals surface area contributed by atoms with Gasteiger partial charge in [-0.05, 0) is 73.4 Å². The highest BCUT2D eigenvalue weighted by Crippen LogP contribution is 2.31. The molecule has 0 atom stereocenters. The molecule has 0 bridgehead atoms. The topological polar surface area (TPSA) is 0 Å². The van der Waals surface area contributed by atoms with E-state index in [1.165, 1.54) is 43.1 Å². The number of fused-ring (bicyclic) bond motifs is 5. The minimum Gasteiger partial charge on any atom is -0.0616 e. The molecule has 0 saturated carbocycles. The van der Waals surface area contributed by atoms with Crippen LogP contribution in [-0.2, 0) is 0 Å². The van der Waals surface area contributed by atoms with Crippen molar-refractivity contribution in [1.82, 2.24) is 0 Å². The molecule has 0 amide bonds. The van der Waals surface area contributed by atoms with Gasteiger partial charge in [0.1, 0.15) is 0 Å². The number of hydrogen-bond donors (Lipinski definition) is 0. The molecule has 5 aromatic rings. The summed E-state index contributed by atoms with van der Waals surface area (Å²) in [4.78, 5) is 0. The normalized spacial score (nSPS) is 11.6. The molecule has 5 aromatic carbocycles. The molecule has 1 radical (unpaired) electrons. The predicted molar refractivity (Wildman–Crippen MR) is 95.3 cm³/mol. The Bertz CT molecular complexity index is 1070. The minimum atomic E-state index is 1.18. The van der Waals surface area contributed by atoms with E-state index in [-0.39, 0.29) is 0 Å². The molecule has 0 heteroatoms. The molecule has 101 valence electrons. The summed E-state index contributed by atoms with van der Waals surface area (Å²) in [6, 6.07) is 31.6. The zero-order chi connectivity index (χ0) is 14.5. The monoisotopic (exact) mass is 277 g/mol. The van der Waals surface area contributed by atoms with Crippen LogP contribution in [0.4, 0.5) is 0 Å². The van der Waals surface area contributed by atoms with Gasteiger partial charge in [0.15, 0.2) is 0 Å². The van der Waals surface area contributed by atoms with Gasteiger partial charge in [-0.25, -0.2) is 0 Å². The van der Waals surface area contributed by atoms with Gasteiger partial charge in [-0.2, -0.15) is 0 Å². The Labute approximate surface area is 128 Å². The van der Waals surface area contributed by atoms with Crippen molar-refractivity contribution in [3.63, 3.8) is 0 Å². The second kappa shape index (κ2) is 4.32. The third-order valence-corrected chi connectivity index (χ3v) is 4.48. The van der Waals surface area contributed by atoms with Crippen molar-refractivity contribution in [2.24, 2.45) is 0 Å². The van der Waals surface area contributed by atoms with E-state index in [1.807, 2.05) is 6.07 Å². The smallest absolute Gasteiger partial charge is 0.00988 e. The lowest BCUT2D eigenvalue weighted by Gasteiger charge is -2.08. The zero-order valence-electron chi connectivity index (χ0n) is 12.0. The van der Waals surface area contributed by atoms with Crippen molar-refractivity contribution in [3.05, 3.63) is 84.9 Å². The maximum absolute atomic E-state index is 3.32. The number of benzene rings is 5. The number of rotatable bonds is 0. The lowest BCUT2D eigenvalue weighted by Crippen LogP contribution is -1.81. The molecule has 0 saturated heterocycles. The van der Waals surface area contributed by atoms with Crippen LogP contribution < -0.4 is 0 Å². The maximum atomic E-state index is 3.32. The molecule has 0 nitrogen and oxygen atoms in total. The van der Waals surface area contributed by atoms with Crippen LogP contribution >= 0.6 is 0 Å². The van der Waals surface area contributed by atoms with Crippen LogP contribution in [0.15, 0.2) is 78.9 Å².